The number of rotatable bonds is 6. The van der Waals surface area contributed by atoms with Crippen LogP contribution in [-0.2, 0) is 9.09 Å². The molecule has 9 nitrogen and oxygen atoms in total. The highest BCUT2D eigenvalue weighted by Crippen LogP contribution is 2.36. The zero-order valence-corrected chi connectivity index (χ0v) is 9.73. The van der Waals surface area contributed by atoms with E-state index in [-0.39, 0.29) is 5.76 Å². The smallest absolute Gasteiger partial charge is 0.469 e. The molecule has 0 spiro atoms. The molecule has 0 aromatic carbocycles. The summed E-state index contributed by atoms with van der Waals surface area (Å²) >= 11 is 0. The Labute approximate surface area is 100 Å². The maximum Gasteiger partial charge on any atom is 0.469 e. The Balaban J connectivity index is 2.65. The summed E-state index contributed by atoms with van der Waals surface area (Å²) in [6.45, 7) is -0.839. The minimum atomic E-state index is -4.76. The van der Waals surface area contributed by atoms with Crippen molar-refractivity contribution in [1.82, 2.24) is 0 Å². The van der Waals surface area contributed by atoms with Crippen LogP contribution in [0, 0.1) is 0 Å². The van der Waals surface area contributed by atoms with E-state index in [1.54, 1.807) is 0 Å². The molecule has 0 fully saturated rings. The number of aliphatic hydroxyl groups is 2. The first kappa shape index (κ1) is 14.8. The van der Waals surface area contributed by atoms with E-state index < -0.39 is 38.4 Å². The van der Waals surface area contributed by atoms with Gasteiger partial charge in [0.05, 0.1) is 6.61 Å². The van der Waals surface area contributed by atoms with E-state index in [1.165, 1.54) is 0 Å². The Morgan fingerprint density at radius 1 is 1.39 bits per heavy atom. The number of carbonyl (C=O) groups is 1. The lowest BCUT2D eigenvalue weighted by molar-refractivity contribution is -0.0251. The third-order valence-electron chi connectivity index (χ3n) is 1.91. The van der Waals surface area contributed by atoms with Crippen LogP contribution >= 0.6 is 7.82 Å². The maximum absolute atomic E-state index is 10.5. The molecule has 0 bridgehead atoms. The van der Waals surface area contributed by atoms with E-state index in [9.17, 15) is 19.6 Å². The van der Waals surface area contributed by atoms with Crippen LogP contribution in [0.25, 0.3) is 0 Å². The molecule has 0 aliphatic carbocycles. The number of furan rings is 1. The lowest BCUT2D eigenvalue weighted by atomic mass is 10.2. The van der Waals surface area contributed by atoms with Crippen LogP contribution in [0.5, 0.6) is 0 Å². The third kappa shape index (κ3) is 4.22. The highest BCUT2D eigenvalue weighted by atomic mass is 31.2. The van der Waals surface area contributed by atoms with Crippen molar-refractivity contribution in [3.05, 3.63) is 23.7 Å². The molecule has 2 atom stereocenters. The summed E-state index contributed by atoms with van der Waals surface area (Å²) in [5, 5.41) is 27.4. The number of aliphatic hydroxyl groups excluding tert-OH is 2. The molecule has 1 rings (SSSR count). The quantitative estimate of drug-likeness (QED) is 0.433. The molecule has 10 heteroatoms. The van der Waals surface area contributed by atoms with Crippen LogP contribution in [0.15, 0.2) is 16.5 Å². The monoisotopic (exact) mass is 282 g/mol. The average Bonchev–Trinajstić information content (AvgIpc) is 2.73. The number of hydrogen-bond donors (Lipinski definition) is 5. The molecule has 0 saturated carbocycles. The lowest BCUT2D eigenvalue weighted by Crippen LogP contribution is -2.23. The molecule has 0 amide bonds. The van der Waals surface area contributed by atoms with Crippen LogP contribution in [-0.4, -0.2) is 43.8 Å². The number of aromatic carboxylic acids is 1. The Morgan fingerprint density at radius 3 is 2.44 bits per heavy atom. The molecule has 1 aromatic rings. The van der Waals surface area contributed by atoms with Crippen molar-refractivity contribution in [3.8, 4) is 0 Å². The first-order valence-electron chi connectivity index (χ1n) is 4.60. The number of hydrogen-bond acceptors (Lipinski definition) is 6. The molecule has 5 N–H and O–H groups in total. The Bertz CT molecular complexity index is 461. The van der Waals surface area contributed by atoms with Crippen LogP contribution in [0.4, 0.5) is 0 Å². The molecule has 0 aliphatic heterocycles. The van der Waals surface area contributed by atoms with Crippen molar-refractivity contribution in [2.45, 2.75) is 12.2 Å². The molecular formula is C8H11O9P. The van der Waals surface area contributed by atoms with E-state index >= 15 is 0 Å². The van der Waals surface area contributed by atoms with Gasteiger partial charge in [-0.2, -0.15) is 0 Å². The zero-order valence-electron chi connectivity index (χ0n) is 8.83. The normalized spacial score (nSPS) is 15.3. The van der Waals surface area contributed by atoms with Gasteiger partial charge in [-0.25, -0.2) is 9.36 Å². The first-order chi connectivity index (χ1) is 8.20. The largest absolute Gasteiger partial charge is 0.475 e. The van der Waals surface area contributed by atoms with Crippen molar-refractivity contribution >= 4 is 13.8 Å². The number of phosphoric acid groups is 1. The molecule has 102 valence electrons. The van der Waals surface area contributed by atoms with Crippen molar-refractivity contribution in [2.75, 3.05) is 6.61 Å². The highest BCUT2D eigenvalue weighted by Gasteiger charge is 2.26. The highest BCUT2D eigenvalue weighted by molar-refractivity contribution is 7.46. The third-order valence-corrected chi connectivity index (χ3v) is 2.39. The second kappa shape index (κ2) is 5.61. The summed E-state index contributed by atoms with van der Waals surface area (Å²) in [6, 6.07) is 2.19. The fourth-order valence-corrected chi connectivity index (χ4v) is 1.43. The minimum Gasteiger partial charge on any atom is -0.475 e. The van der Waals surface area contributed by atoms with Crippen molar-refractivity contribution < 1.29 is 43.4 Å². The van der Waals surface area contributed by atoms with Crippen LogP contribution in [0.2, 0.25) is 0 Å². The second-order valence-electron chi connectivity index (χ2n) is 3.31. The number of carboxylic acid groups (broad SMARTS) is 1. The van der Waals surface area contributed by atoms with Gasteiger partial charge in [-0.3, -0.25) is 4.52 Å². The van der Waals surface area contributed by atoms with Crippen LogP contribution < -0.4 is 0 Å². The second-order valence-corrected chi connectivity index (χ2v) is 4.55. The molecule has 0 saturated heterocycles. The molecular weight excluding hydrogens is 271 g/mol. The summed E-state index contributed by atoms with van der Waals surface area (Å²) in [6.07, 6.45) is -3.34. The van der Waals surface area contributed by atoms with E-state index in [1.807, 2.05) is 0 Å². The van der Waals surface area contributed by atoms with Crippen LogP contribution in [0.1, 0.15) is 22.4 Å². The van der Waals surface area contributed by atoms with Crippen molar-refractivity contribution in [1.29, 1.82) is 0 Å². The lowest BCUT2D eigenvalue weighted by Gasteiger charge is -2.15. The fraction of sp³-hybridized carbons (Fsp3) is 0.375. The van der Waals surface area contributed by atoms with Gasteiger partial charge in [0.1, 0.15) is 18.0 Å². The topological polar surface area (TPSA) is 158 Å². The molecule has 0 aliphatic rings. The van der Waals surface area contributed by atoms with Crippen molar-refractivity contribution in [3.63, 3.8) is 0 Å². The van der Waals surface area contributed by atoms with Gasteiger partial charge < -0.3 is 29.5 Å². The van der Waals surface area contributed by atoms with Crippen LogP contribution in [0.3, 0.4) is 0 Å². The van der Waals surface area contributed by atoms with Gasteiger partial charge in [0, 0.05) is 0 Å². The van der Waals surface area contributed by atoms with Gasteiger partial charge in [0.25, 0.3) is 0 Å². The van der Waals surface area contributed by atoms with E-state index in [2.05, 4.69) is 4.52 Å². The molecule has 0 radical (unpaired) electrons. The molecule has 1 heterocycles. The molecule has 0 unspecified atom stereocenters. The van der Waals surface area contributed by atoms with E-state index in [4.69, 9.17) is 19.3 Å². The molecule has 18 heavy (non-hydrogen) atoms. The summed E-state index contributed by atoms with van der Waals surface area (Å²) in [5.74, 6) is -2.05. The molecule has 1 aromatic heterocycles. The Kier molecular flexibility index (Phi) is 4.63. The number of carboxylic acids is 1. The standard InChI is InChI=1S/C8H11O9P/c9-4(3-16-18(13,14)15)7(10)5-1-2-6(17-5)8(11)12/h1-2,4,7,9-10H,3H2,(H,11,12)(H2,13,14,15)/t4-,7-/m1/s1. The average molecular weight is 282 g/mol. The summed E-state index contributed by atoms with van der Waals surface area (Å²) in [4.78, 5) is 27.3. The summed E-state index contributed by atoms with van der Waals surface area (Å²) < 4.78 is 19.1. The minimum absolute atomic E-state index is 0.255. The SMILES string of the molecule is O=C(O)c1ccc([C@H](O)[C@H](O)COP(=O)(O)O)o1. The zero-order chi connectivity index (χ0) is 13.9. The predicted octanol–water partition coefficient (Wildman–Crippen LogP) is -0.519. The summed E-state index contributed by atoms with van der Waals surface area (Å²) in [5.41, 5.74) is 0. The van der Waals surface area contributed by atoms with Gasteiger partial charge >= 0.3 is 13.8 Å². The maximum atomic E-state index is 10.5. The Hall–Kier alpha value is -1.22. The van der Waals surface area contributed by atoms with Gasteiger partial charge in [-0.05, 0) is 12.1 Å². The first-order valence-corrected chi connectivity index (χ1v) is 6.13. The van der Waals surface area contributed by atoms with Crippen molar-refractivity contribution in [2.24, 2.45) is 0 Å². The van der Waals surface area contributed by atoms with Gasteiger partial charge in [0.2, 0.25) is 5.76 Å². The number of phosphoric ester groups is 1. The van der Waals surface area contributed by atoms with Gasteiger partial charge in [0.15, 0.2) is 0 Å². The fourth-order valence-electron chi connectivity index (χ4n) is 1.08. The Morgan fingerprint density at radius 2 is 2.00 bits per heavy atom. The predicted molar refractivity (Wildman–Crippen MR) is 54.6 cm³/mol. The van der Waals surface area contributed by atoms with E-state index in [0.29, 0.717) is 0 Å². The van der Waals surface area contributed by atoms with E-state index in [0.717, 1.165) is 12.1 Å². The van der Waals surface area contributed by atoms with Gasteiger partial charge in [-0.1, -0.05) is 0 Å². The summed E-state index contributed by atoms with van der Waals surface area (Å²) in [7, 11) is -4.76. The van der Waals surface area contributed by atoms with Gasteiger partial charge in [-0.15, -0.1) is 0 Å².